The number of sulfonamides is 1. The molecule has 1 saturated carbocycles. The number of methoxy groups -OCH3 is 1. The number of carbonyl (C=O) groups excluding carboxylic acids is 1. The van der Waals surface area contributed by atoms with Gasteiger partial charge in [-0.2, -0.15) is 9.40 Å². The fourth-order valence-electron chi connectivity index (χ4n) is 5.81. The molecule has 0 unspecified atom stereocenters. The summed E-state index contributed by atoms with van der Waals surface area (Å²) in [4.78, 5) is 33.6. The Morgan fingerprint density at radius 1 is 1.23 bits per heavy atom. The Hall–Kier alpha value is -3.66. The summed E-state index contributed by atoms with van der Waals surface area (Å²) in [5.74, 6) is -2.33. The number of esters is 1. The summed E-state index contributed by atoms with van der Waals surface area (Å²) in [6.45, 7) is 0.349. The predicted molar refractivity (Wildman–Crippen MR) is 158 cm³/mol. The number of carboxylic acids is 1. The van der Waals surface area contributed by atoms with Crippen LogP contribution in [0.25, 0.3) is 0 Å². The quantitative estimate of drug-likeness (QED) is 0.343. The first kappa shape index (κ1) is 30.4. The third-order valence-electron chi connectivity index (χ3n) is 8.29. The van der Waals surface area contributed by atoms with Crippen LogP contribution in [0.2, 0.25) is 5.02 Å². The SMILES string of the molecule is COC(=O)C1=C(C2CCN(S(=O)(=O)c3cnn([C@H]4C[C@H](C(=O)O)C4)c3)CC2)NC(c2nccs2)=N[C@@H]1c1ccc(F)cc1Cl. The number of nitrogens with zero attached hydrogens (tertiary/aromatic N) is 5. The number of halogens is 2. The van der Waals surface area contributed by atoms with Gasteiger partial charge in [0.15, 0.2) is 10.8 Å². The normalized spacial score (nSPS) is 23.1. The highest BCUT2D eigenvalue weighted by atomic mass is 35.5. The molecule has 6 rings (SSSR count). The Morgan fingerprint density at radius 3 is 2.61 bits per heavy atom. The summed E-state index contributed by atoms with van der Waals surface area (Å²) >= 11 is 7.79. The van der Waals surface area contributed by atoms with Gasteiger partial charge in [0, 0.05) is 53.1 Å². The summed E-state index contributed by atoms with van der Waals surface area (Å²) in [5.41, 5.74) is 1.16. The molecule has 0 spiro atoms. The van der Waals surface area contributed by atoms with E-state index in [0.717, 1.165) is 6.07 Å². The lowest BCUT2D eigenvalue weighted by atomic mass is 9.80. The number of hydrogen-bond donors (Lipinski definition) is 2. The van der Waals surface area contributed by atoms with Crippen LogP contribution in [0.3, 0.4) is 0 Å². The number of carbonyl (C=O) groups is 2. The summed E-state index contributed by atoms with van der Waals surface area (Å²) in [5, 5.41) is 19.1. The average molecular weight is 663 g/mol. The third kappa shape index (κ3) is 5.64. The number of allylic oxidation sites excluding steroid dienone is 1. The molecule has 2 N–H and O–H groups in total. The first-order valence-corrected chi connectivity index (χ1v) is 16.6. The first-order chi connectivity index (χ1) is 21.1. The van der Waals surface area contributed by atoms with Crippen LogP contribution in [-0.4, -0.2) is 70.6 Å². The van der Waals surface area contributed by atoms with Crippen molar-refractivity contribution in [2.75, 3.05) is 20.2 Å². The van der Waals surface area contributed by atoms with E-state index in [2.05, 4.69) is 15.4 Å². The highest BCUT2D eigenvalue weighted by Crippen LogP contribution is 2.41. The van der Waals surface area contributed by atoms with Gasteiger partial charge in [0.1, 0.15) is 16.8 Å². The Morgan fingerprint density at radius 2 is 1.98 bits per heavy atom. The van der Waals surface area contributed by atoms with Crippen LogP contribution in [0.1, 0.15) is 48.3 Å². The molecular formula is C28H28ClFN6O6S2. The Bertz CT molecular complexity index is 1760. The molecule has 0 radical (unpaired) electrons. The van der Waals surface area contributed by atoms with Gasteiger partial charge in [0.25, 0.3) is 0 Å². The van der Waals surface area contributed by atoms with E-state index in [0.29, 0.717) is 47.8 Å². The van der Waals surface area contributed by atoms with Gasteiger partial charge in [0.05, 0.1) is 30.8 Å². The number of nitrogens with one attached hydrogen (secondary N) is 1. The third-order valence-corrected chi connectivity index (χ3v) is 11.2. The Balaban J connectivity index is 1.26. The van der Waals surface area contributed by atoms with Crippen molar-refractivity contribution >= 4 is 50.7 Å². The predicted octanol–water partition coefficient (Wildman–Crippen LogP) is 3.79. The van der Waals surface area contributed by atoms with Crippen molar-refractivity contribution in [3.05, 3.63) is 74.9 Å². The molecule has 12 nitrogen and oxygen atoms in total. The van der Waals surface area contributed by atoms with E-state index in [9.17, 15) is 22.4 Å². The lowest BCUT2D eigenvalue weighted by molar-refractivity contribution is -0.146. The lowest BCUT2D eigenvalue weighted by Gasteiger charge is -2.36. The van der Waals surface area contributed by atoms with Crippen molar-refractivity contribution in [1.29, 1.82) is 0 Å². The van der Waals surface area contributed by atoms with Crippen LogP contribution in [0.15, 0.2) is 63.3 Å². The fraction of sp³-hybridized carbons (Fsp3) is 0.393. The molecule has 1 aromatic carbocycles. The zero-order valence-corrected chi connectivity index (χ0v) is 25.8. The number of aromatic nitrogens is 3. The van der Waals surface area contributed by atoms with E-state index in [1.807, 2.05) is 0 Å². The van der Waals surface area contributed by atoms with Crippen LogP contribution in [0.5, 0.6) is 0 Å². The Kier molecular flexibility index (Phi) is 8.30. The van der Waals surface area contributed by atoms with Crippen molar-refractivity contribution in [2.24, 2.45) is 16.8 Å². The van der Waals surface area contributed by atoms with Gasteiger partial charge in [0.2, 0.25) is 10.0 Å². The molecule has 4 heterocycles. The molecule has 0 bridgehead atoms. The number of benzene rings is 1. The lowest BCUT2D eigenvalue weighted by Crippen LogP contribution is -2.43. The molecule has 3 aliphatic rings. The topological polar surface area (TPSA) is 156 Å². The van der Waals surface area contributed by atoms with Gasteiger partial charge in [-0.15, -0.1) is 11.3 Å². The highest BCUT2D eigenvalue weighted by molar-refractivity contribution is 7.89. The van der Waals surface area contributed by atoms with E-state index < -0.39 is 39.7 Å². The number of amidine groups is 1. The smallest absolute Gasteiger partial charge is 0.338 e. The highest BCUT2D eigenvalue weighted by Gasteiger charge is 2.40. The molecule has 2 aliphatic heterocycles. The Labute approximate surface area is 261 Å². The molecule has 0 amide bonds. The van der Waals surface area contributed by atoms with Crippen molar-refractivity contribution in [3.63, 3.8) is 0 Å². The van der Waals surface area contributed by atoms with E-state index >= 15 is 0 Å². The maximum atomic E-state index is 13.9. The molecule has 44 heavy (non-hydrogen) atoms. The van der Waals surface area contributed by atoms with Gasteiger partial charge >= 0.3 is 11.9 Å². The molecule has 1 saturated heterocycles. The molecular weight excluding hydrogens is 635 g/mol. The minimum Gasteiger partial charge on any atom is -0.481 e. The second-order valence-corrected chi connectivity index (χ2v) is 14.1. The first-order valence-electron chi connectivity index (χ1n) is 13.9. The maximum absolute atomic E-state index is 13.9. The number of carboxylic acid groups (broad SMARTS) is 1. The van der Waals surface area contributed by atoms with E-state index in [1.165, 1.54) is 52.0 Å². The maximum Gasteiger partial charge on any atom is 0.338 e. The summed E-state index contributed by atoms with van der Waals surface area (Å²) in [6.07, 6.45) is 5.96. The van der Waals surface area contributed by atoms with Gasteiger partial charge in [-0.1, -0.05) is 17.7 Å². The second-order valence-electron chi connectivity index (χ2n) is 10.8. The minimum absolute atomic E-state index is 0.0455. The largest absolute Gasteiger partial charge is 0.481 e. The number of aliphatic carboxylic acids is 1. The molecule has 1 aliphatic carbocycles. The zero-order chi connectivity index (χ0) is 31.2. The number of hydrogen-bond acceptors (Lipinski definition) is 10. The van der Waals surface area contributed by atoms with Gasteiger partial charge in [-0.05, 0) is 37.8 Å². The van der Waals surface area contributed by atoms with Crippen molar-refractivity contribution in [3.8, 4) is 0 Å². The van der Waals surface area contributed by atoms with Gasteiger partial charge < -0.3 is 15.2 Å². The molecule has 232 valence electrons. The van der Waals surface area contributed by atoms with Crippen molar-refractivity contribution < 1.29 is 32.2 Å². The summed E-state index contributed by atoms with van der Waals surface area (Å²) < 4.78 is 49.0. The monoisotopic (exact) mass is 662 g/mol. The second kappa shape index (κ2) is 12.0. The standard InChI is InChI=1S/C28H28ClFN6O6S2/c1-42-28(39)22-23(33-25(26-31-6-9-43-26)34-24(22)20-3-2-17(30)12-21(20)29)15-4-7-35(8-5-15)44(40,41)19-13-32-36(14-19)18-10-16(11-18)27(37)38/h2-3,6,9,12-16,18,24H,4-5,7-8,10-11H2,1H3,(H,33,34)(H,37,38)/t16-,18-,24-/m1/s1. The molecule has 3 aromatic rings. The van der Waals surface area contributed by atoms with E-state index in [4.69, 9.17) is 26.4 Å². The van der Waals surface area contributed by atoms with E-state index in [-0.39, 0.29) is 40.5 Å². The summed E-state index contributed by atoms with van der Waals surface area (Å²) in [6, 6.07) is 2.83. The molecule has 2 fully saturated rings. The van der Waals surface area contributed by atoms with E-state index in [1.54, 1.807) is 11.6 Å². The van der Waals surface area contributed by atoms with Crippen LogP contribution in [0, 0.1) is 17.7 Å². The number of rotatable bonds is 8. The van der Waals surface area contributed by atoms with Crippen LogP contribution >= 0.6 is 22.9 Å². The fourth-order valence-corrected chi connectivity index (χ4v) is 8.08. The van der Waals surface area contributed by atoms with Crippen molar-refractivity contribution in [2.45, 2.75) is 42.7 Å². The van der Waals surface area contributed by atoms with Crippen LogP contribution in [0.4, 0.5) is 4.39 Å². The van der Waals surface area contributed by atoms with Crippen molar-refractivity contribution in [1.82, 2.24) is 24.4 Å². The minimum atomic E-state index is -3.87. The average Bonchev–Trinajstić information content (AvgIpc) is 3.69. The van der Waals surface area contributed by atoms with Gasteiger partial charge in [-0.25, -0.2) is 22.6 Å². The zero-order valence-electron chi connectivity index (χ0n) is 23.4. The summed E-state index contributed by atoms with van der Waals surface area (Å²) in [7, 11) is -2.61. The number of aliphatic imine (C=N–C) groups is 1. The molecule has 16 heteroatoms. The van der Waals surface area contributed by atoms with Crippen LogP contribution in [-0.2, 0) is 24.3 Å². The number of piperidine rings is 1. The van der Waals surface area contributed by atoms with Gasteiger partial charge in [-0.3, -0.25) is 14.5 Å². The van der Waals surface area contributed by atoms with Crippen LogP contribution < -0.4 is 5.32 Å². The number of thiazole rings is 1. The molecule has 2 aromatic heterocycles. The number of ether oxygens (including phenoxy) is 1. The molecule has 1 atom stereocenters.